The number of rotatable bonds is 2. The number of hydrogen-bond acceptors (Lipinski definition) is 5. The number of carbonyl (C=O) groups excluding carboxylic acids is 1. The molecule has 0 atom stereocenters. The average Bonchev–Trinajstić information content (AvgIpc) is 2.67. The van der Waals surface area contributed by atoms with Crippen molar-refractivity contribution in [3.8, 4) is 5.75 Å². The van der Waals surface area contributed by atoms with Crippen LogP contribution < -0.4 is 10.3 Å². The topological polar surface area (TPSA) is 74.1 Å². The van der Waals surface area contributed by atoms with Crippen molar-refractivity contribution in [1.29, 1.82) is 0 Å². The second kappa shape index (κ2) is 6.89. The number of ether oxygens (including phenoxy) is 1. The molecule has 6 nitrogen and oxygen atoms in total. The minimum atomic E-state index is -0.749. The summed E-state index contributed by atoms with van der Waals surface area (Å²) in [6, 6.07) is 11.8. The molecule has 4 aromatic rings. The molecule has 0 spiro atoms. The van der Waals surface area contributed by atoms with Gasteiger partial charge in [-0.25, -0.2) is 14.5 Å². The maximum absolute atomic E-state index is 12.9. The average molecular weight is 414 g/mol. The molecule has 0 unspecified atom stereocenters. The Bertz CT molecular complexity index is 1330. The first kappa shape index (κ1) is 18.4. The highest BCUT2D eigenvalue weighted by Gasteiger charge is 2.21. The molecule has 0 saturated carbocycles. The van der Waals surface area contributed by atoms with Crippen LogP contribution in [0.25, 0.3) is 21.7 Å². The lowest BCUT2D eigenvalue weighted by atomic mass is 10.1. The van der Waals surface area contributed by atoms with E-state index in [1.807, 2.05) is 6.92 Å². The van der Waals surface area contributed by atoms with Gasteiger partial charge in [0.15, 0.2) is 11.4 Å². The van der Waals surface area contributed by atoms with E-state index < -0.39 is 5.97 Å². The lowest BCUT2D eigenvalue weighted by Gasteiger charge is -2.12. The van der Waals surface area contributed by atoms with Crippen molar-refractivity contribution in [3.63, 3.8) is 0 Å². The molecule has 140 valence electrons. The van der Waals surface area contributed by atoms with Crippen LogP contribution in [-0.2, 0) is 7.05 Å². The number of carbonyl (C=O) groups is 1. The van der Waals surface area contributed by atoms with Gasteiger partial charge in [0.05, 0.1) is 15.4 Å². The maximum atomic E-state index is 12.9. The summed E-state index contributed by atoms with van der Waals surface area (Å²) in [6.07, 6.45) is 0. The van der Waals surface area contributed by atoms with E-state index >= 15 is 0 Å². The molecule has 0 aliphatic rings. The van der Waals surface area contributed by atoms with Crippen LogP contribution in [0.1, 0.15) is 16.2 Å². The van der Waals surface area contributed by atoms with Crippen LogP contribution in [0.2, 0.25) is 10.0 Å². The van der Waals surface area contributed by atoms with Crippen molar-refractivity contribution < 1.29 is 9.53 Å². The molecule has 8 heteroatoms. The first-order valence-electron chi connectivity index (χ1n) is 8.30. The number of fused-ring (bicyclic) bond motifs is 2. The molecule has 2 aromatic heterocycles. The number of benzene rings is 2. The molecule has 0 aliphatic carbocycles. The van der Waals surface area contributed by atoms with Crippen LogP contribution >= 0.6 is 23.2 Å². The van der Waals surface area contributed by atoms with E-state index in [1.54, 1.807) is 36.4 Å². The molecular formula is C20H13Cl2N3O3. The summed E-state index contributed by atoms with van der Waals surface area (Å²) in [7, 11) is 1.47. The molecule has 2 aromatic carbocycles. The number of aryl methyl sites for hydroxylation is 2. The van der Waals surface area contributed by atoms with Gasteiger partial charge in [-0.05, 0) is 31.2 Å². The molecule has 28 heavy (non-hydrogen) atoms. The van der Waals surface area contributed by atoms with Gasteiger partial charge in [0.2, 0.25) is 0 Å². The Hall–Kier alpha value is -2.96. The van der Waals surface area contributed by atoms with Crippen molar-refractivity contribution in [2.24, 2.45) is 7.05 Å². The van der Waals surface area contributed by atoms with Crippen LogP contribution in [0.5, 0.6) is 5.75 Å². The Morgan fingerprint density at radius 1 is 1.04 bits per heavy atom. The van der Waals surface area contributed by atoms with Gasteiger partial charge >= 0.3 is 5.97 Å². The van der Waals surface area contributed by atoms with Crippen LogP contribution in [0, 0.1) is 6.92 Å². The summed E-state index contributed by atoms with van der Waals surface area (Å²) in [5.74, 6) is -0.657. The molecule has 4 rings (SSSR count). The smallest absolute Gasteiger partial charge is 0.364 e. The molecule has 0 aliphatic heterocycles. The predicted molar refractivity (Wildman–Crippen MR) is 108 cm³/mol. The Morgan fingerprint density at radius 2 is 1.75 bits per heavy atom. The Labute approximate surface area is 169 Å². The highest BCUT2D eigenvalue weighted by atomic mass is 35.5. The monoisotopic (exact) mass is 413 g/mol. The van der Waals surface area contributed by atoms with E-state index in [9.17, 15) is 9.59 Å². The Balaban J connectivity index is 1.89. The van der Waals surface area contributed by atoms with E-state index in [0.717, 1.165) is 4.68 Å². The zero-order valence-corrected chi connectivity index (χ0v) is 16.4. The van der Waals surface area contributed by atoms with Gasteiger partial charge in [0.25, 0.3) is 5.56 Å². The van der Waals surface area contributed by atoms with Gasteiger partial charge in [-0.3, -0.25) is 4.79 Å². The molecule has 0 fully saturated rings. The molecule has 0 bridgehead atoms. The third-order valence-corrected chi connectivity index (χ3v) is 4.92. The number of aromatic nitrogens is 3. The minimum absolute atomic E-state index is 0.00418. The fourth-order valence-corrected chi connectivity index (χ4v) is 3.53. The minimum Gasteiger partial charge on any atom is -0.418 e. The Kier molecular flexibility index (Phi) is 4.53. The zero-order valence-electron chi connectivity index (χ0n) is 14.9. The fourth-order valence-electron chi connectivity index (χ4n) is 2.98. The van der Waals surface area contributed by atoms with Crippen LogP contribution in [0.15, 0.2) is 47.3 Å². The Morgan fingerprint density at radius 3 is 2.50 bits per heavy atom. The predicted octanol–water partition coefficient (Wildman–Crippen LogP) is 4.32. The van der Waals surface area contributed by atoms with E-state index in [1.165, 1.54) is 13.1 Å². The van der Waals surface area contributed by atoms with Crippen molar-refractivity contribution in [2.75, 3.05) is 0 Å². The SMILES string of the molecule is Cc1ccc2c(Cl)cc(Cl)c(OC(=O)c3nn(C)c(=O)c4ccccc34)c2n1. The molecular weight excluding hydrogens is 401 g/mol. The zero-order chi connectivity index (χ0) is 20.0. The van der Waals surface area contributed by atoms with Gasteiger partial charge in [-0.15, -0.1) is 0 Å². The summed E-state index contributed by atoms with van der Waals surface area (Å²) in [6.45, 7) is 1.81. The summed E-state index contributed by atoms with van der Waals surface area (Å²) >= 11 is 12.5. The summed E-state index contributed by atoms with van der Waals surface area (Å²) in [5, 5.41) is 6.01. The van der Waals surface area contributed by atoms with E-state index in [4.69, 9.17) is 27.9 Å². The summed E-state index contributed by atoms with van der Waals surface area (Å²) < 4.78 is 6.69. The van der Waals surface area contributed by atoms with Gasteiger partial charge in [-0.1, -0.05) is 41.4 Å². The fraction of sp³-hybridized carbons (Fsp3) is 0.100. The van der Waals surface area contributed by atoms with Crippen molar-refractivity contribution in [3.05, 3.63) is 74.3 Å². The third-order valence-electron chi connectivity index (χ3n) is 4.32. The molecule has 0 amide bonds. The second-order valence-electron chi connectivity index (χ2n) is 6.23. The molecule has 0 saturated heterocycles. The van der Waals surface area contributed by atoms with Gasteiger partial charge in [-0.2, -0.15) is 5.10 Å². The second-order valence-corrected chi connectivity index (χ2v) is 7.05. The number of halogens is 2. The first-order valence-corrected chi connectivity index (χ1v) is 9.06. The summed E-state index contributed by atoms with van der Waals surface area (Å²) in [4.78, 5) is 29.6. The third kappa shape index (κ3) is 3.00. The van der Waals surface area contributed by atoms with E-state index in [0.29, 0.717) is 32.4 Å². The van der Waals surface area contributed by atoms with E-state index in [-0.39, 0.29) is 22.0 Å². The number of hydrogen-bond donors (Lipinski definition) is 0. The lowest BCUT2D eigenvalue weighted by Crippen LogP contribution is -2.24. The van der Waals surface area contributed by atoms with Gasteiger partial charge < -0.3 is 4.74 Å². The quantitative estimate of drug-likeness (QED) is 0.361. The normalized spacial score (nSPS) is 11.1. The van der Waals surface area contributed by atoms with Crippen LogP contribution in [-0.4, -0.2) is 20.7 Å². The first-order chi connectivity index (χ1) is 13.4. The van der Waals surface area contributed by atoms with Crippen LogP contribution in [0.3, 0.4) is 0 Å². The molecule has 2 heterocycles. The maximum Gasteiger partial charge on any atom is 0.364 e. The van der Waals surface area contributed by atoms with Crippen molar-refractivity contribution >= 4 is 50.8 Å². The molecule has 0 N–H and O–H groups in total. The van der Waals surface area contributed by atoms with E-state index in [2.05, 4.69) is 10.1 Å². The number of esters is 1. The number of pyridine rings is 1. The lowest BCUT2D eigenvalue weighted by molar-refractivity contribution is 0.0730. The van der Waals surface area contributed by atoms with Crippen molar-refractivity contribution in [2.45, 2.75) is 6.92 Å². The number of nitrogens with zero attached hydrogens (tertiary/aromatic N) is 3. The standard InChI is InChI=1S/C20H13Cl2N3O3/c1-10-7-8-13-14(21)9-15(22)18(16(13)23-10)28-20(27)17-11-5-3-4-6-12(11)19(26)25(2)24-17/h3-9H,1-2H3. The highest BCUT2D eigenvalue weighted by molar-refractivity contribution is 6.39. The van der Waals surface area contributed by atoms with Crippen LogP contribution in [0.4, 0.5) is 0 Å². The summed E-state index contributed by atoms with van der Waals surface area (Å²) in [5.41, 5.74) is 0.790. The van der Waals surface area contributed by atoms with Gasteiger partial charge in [0.1, 0.15) is 5.52 Å². The van der Waals surface area contributed by atoms with Gasteiger partial charge in [0, 0.05) is 23.5 Å². The largest absolute Gasteiger partial charge is 0.418 e. The van der Waals surface area contributed by atoms with Crippen molar-refractivity contribution in [1.82, 2.24) is 14.8 Å². The molecule has 0 radical (unpaired) electrons. The highest BCUT2D eigenvalue weighted by Crippen LogP contribution is 2.37.